The van der Waals surface area contributed by atoms with Crippen molar-refractivity contribution in [2.24, 2.45) is 0 Å². The van der Waals surface area contributed by atoms with E-state index < -0.39 is 17.8 Å². The van der Waals surface area contributed by atoms with Gasteiger partial charge in [-0.15, -0.1) is 0 Å². The first-order valence-electron chi connectivity index (χ1n) is 7.41. The molecule has 7 nitrogen and oxygen atoms in total. The molecule has 126 valence electrons. The van der Waals surface area contributed by atoms with Gasteiger partial charge in [0.25, 0.3) is 5.91 Å². The predicted molar refractivity (Wildman–Crippen MR) is 85.5 cm³/mol. The largest absolute Gasteiger partial charge is 0.426 e. The molecular weight excluding hydrogens is 312 g/mol. The van der Waals surface area contributed by atoms with E-state index in [0.717, 1.165) is 4.90 Å². The molecule has 3 amide bonds. The number of para-hydroxylation sites is 1. The molecule has 1 aliphatic rings. The molecule has 0 saturated heterocycles. The van der Waals surface area contributed by atoms with E-state index in [0.29, 0.717) is 11.3 Å². The second-order valence-corrected chi connectivity index (χ2v) is 5.30. The van der Waals surface area contributed by atoms with Crippen LogP contribution in [0.4, 0.5) is 0 Å². The van der Waals surface area contributed by atoms with Crippen LogP contribution in [0, 0.1) is 0 Å². The molecule has 0 bridgehead atoms. The predicted octanol–water partition coefficient (Wildman–Crippen LogP) is 1.19. The molecule has 1 aromatic carbocycles. The van der Waals surface area contributed by atoms with Crippen LogP contribution < -0.4 is 4.74 Å². The number of benzene rings is 1. The van der Waals surface area contributed by atoms with Crippen LogP contribution in [0.1, 0.15) is 26.3 Å². The molecular formula is C17H18N2O5. The molecule has 7 heteroatoms. The van der Waals surface area contributed by atoms with Gasteiger partial charge in [0.1, 0.15) is 5.75 Å². The van der Waals surface area contributed by atoms with Crippen molar-refractivity contribution in [2.45, 2.75) is 20.8 Å². The molecule has 0 atom stereocenters. The highest BCUT2D eigenvalue weighted by atomic mass is 16.5. The van der Waals surface area contributed by atoms with Crippen molar-refractivity contribution >= 4 is 29.4 Å². The number of imide groups is 1. The number of hydrogen-bond donors (Lipinski definition) is 0. The Morgan fingerprint density at radius 3 is 2.12 bits per heavy atom. The Balaban J connectivity index is 2.56. The summed E-state index contributed by atoms with van der Waals surface area (Å²) in [6.07, 6.45) is 1.22. The molecule has 24 heavy (non-hydrogen) atoms. The Morgan fingerprint density at radius 2 is 1.54 bits per heavy atom. The lowest BCUT2D eigenvalue weighted by molar-refractivity contribution is -0.141. The molecule has 1 aliphatic heterocycles. The zero-order valence-electron chi connectivity index (χ0n) is 13.7. The number of carbonyl (C=O) groups excluding carboxylic acids is 4. The zero-order valence-corrected chi connectivity index (χ0v) is 13.7. The fourth-order valence-electron chi connectivity index (χ4n) is 2.49. The van der Waals surface area contributed by atoms with Gasteiger partial charge in [-0.25, -0.2) is 0 Å². The zero-order chi connectivity index (χ0) is 17.9. The summed E-state index contributed by atoms with van der Waals surface area (Å²) in [7, 11) is 0. The SMILES string of the molecule is CC(=O)Oc1ccccc1C1=CC(=O)N(C(C)=O)CCN1C(C)=O. The number of amides is 3. The van der Waals surface area contributed by atoms with Crippen LogP contribution in [0.15, 0.2) is 30.3 Å². The summed E-state index contributed by atoms with van der Waals surface area (Å²) < 4.78 is 5.17. The number of esters is 1. The third kappa shape index (κ3) is 3.68. The third-order valence-corrected chi connectivity index (χ3v) is 3.54. The van der Waals surface area contributed by atoms with Gasteiger partial charge in [0, 0.05) is 45.5 Å². The molecule has 0 fully saturated rings. The van der Waals surface area contributed by atoms with Crippen molar-refractivity contribution in [3.05, 3.63) is 35.9 Å². The van der Waals surface area contributed by atoms with E-state index in [2.05, 4.69) is 0 Å². The maximum atomic E-state index is 12.3. The maximum absolute atomic E-state index is 12.3. The fraction of sp³-hybridized carbons (Fsp3) is 0.294. The minimum Gasteiger partial charge on any atom is -0.426 e. The summed E-state index contributed by atoms with van der Waals surface area (Å²) in [6.45, 7) is 4.20. The molecule has 0 radical (unpaired) electrons. The van der Waals surface area contributed by atoms with Gasteiger partial charge in [-0.05, 0) is 12.1 Å². The van der Waals surface area contributed by atoms with Crippen LogP contribution in [0.25, 0.3) is 5.70 Å². The topological polar surface area (TPSA) is 84.0 Å². The maximum Gasteiger partial charge on any atom is 0.308 e. The van der Waals surface area contributed by atoms with E-state index in [9.17, 15) is 19.2 Å². The van der Waals surface area contributed by atoms with Crippen LogP contribution in [0.2, 0.25) is 0 Å². The summed E-state index contributed by atoms with van der Waals surface area (Å²) in [5.74, 6) is -1.46. The molecule has 1 aromatic rings. The summed E-state index contributed by atoms with van der Waals surface area (Å²) >= 11 is 0. The summed E-state index contributed by atoms with van der Waals surface area (Å²) in [4.78, 5) is 49.7. The number of hydrogen-bond acceptors (Lipinski definition) is 5. The number of rotatable bonds is 2. The van der Waals surface area contributed by atoms with Crippen molar-refractivity contribution in [2.75, 3.05) is 13.1 Å². The van der Waals surface area contributed by atoms with Gasteiger partial charge >= 0.3 is 5.97 Å². The second-order valence-electron chi connectivity index (χ2n) is 5.30. The van der Waals surface area contributed by atoms with E-state index in [4.69, 9.17) is 4.74 Å². The highest BCUT2D eigenvalue weighted by Crippen LogP contribution is 2.30. The van der Waals surface area contributed by atoms with Crippen molar-refractivity contribution < 1.29 is 23.9 Å². The van der Waals surface area contributed by atoms with Gasteiger partial charge in [-0.2, -0.15) is 0 Å². The average Bonchev–Trinajstić information content (AvgIpc) is 2.66. The van der Waals surface area contributed by atoms with E-state index in [1.165, 1.54) is 31.7 Å². The molecule has 0 saturated carbocycles. The molecule has 2 rings (SSSR count). The van der Waals surface area contributed by atoms with Gasteiger partial charge in [0.05, 0.1) is 5.70 Å². The first-order chi connectivity index (χ1) is 11.3. The van der Waals surface area contributed by atoms with E-state index >= 15 is 0 Å². The molecule has 0 unspecified atom stereocenters. The van der Waals surface area contributed by atoms with Crippen molar-refractivity contribution in [3.8, 4) is 5.75 Å². The number of carbonyl (C=O) groups is 4. The minimum atomic E-state index is -0.515. The van der Waals surface area contributed by atoms with Crippen LogP contribution in [-0.4, -0.2) is 46.6 Å². The molecule has 1 heterocycles. The second kappa shape index (κ2) is 7.08. The monoisotopic (exact) mass is 330 g/mol. The first kappa shape index (κ1) is 17.4. The summed E-state index contributed by atoms with van der Waals surface area (Å²) in [5.41, 5.74) is 0.731. The lowest BCUT2D eigenvalue weighted by Crippen LogP contribution is -2.38. The lowest BCUT2D eigenvalue weighted by atomic mass is 10.1. The standard InChI is InChI=1S/C17H18N2O5/c1-11(20)18-8-9-19(12(2)21)17(23)10-15(18)14-6-4-5-7-16(14)24-13(3)22/h4-7,10H,8-9H2,1-3H3. The highest BCUT2D eigenvalue weighted by molar-refractivity contribution is 6.06. The molecule has 0 N–H and O–H groups in total. The summed E-state index contributed by atoms with van der Waals surface area (Å²) in [6, 6.07) is 6.62. The quantitative estimate of drug-likeness (QED) is 0.601. The Morgan fingerprint density at radius 1 is 0.958 bits per heavy atom. The van der Waals surface area contributed by atoms with Gasteiger partial charge in [-0.1, -0.05) is 12.1 Å². The Bertz CT molecular complexity index is 738. The van der Waals surface area contributed by atoms with Gasteiger partial charge in [0.15, 0.2) is 0 Å². The van der Waals surface area contributed by atoms with Crippen molar-refractivity contribution in [1.82, 2.24) is 9.80 Å². The number of ether oxygens (including phenoxy) is 1. The lowest BCUT2D eigenvalue weighted by Gasteiger charge is -2.24. The van der Waals surface area contributed by atoms with Gasteiger partial charge in [0.2, 0.25) is 11.8 Å². The number of nitrogens with zero attached hydrogens (tertiary/aromatic N) is 2. The minimum absolute atomic E-state index is 0.101. The Hall–Kier alpha value is -2.96. The van der Waals surface area contributed by atoms with Crippen molar-refractivity contribution in [1.29, 1.82) is 0 Å². The van der Waals surface area contributed by atoms with Gasteiger partial charge < -0.3 is 9.64 Å². The van der Waals surface area contributed by atoms with Crippen molar-refractivity contribution in [3.63, 3.8) is 0 Å². The van der Waals surface area contributed by atoms with Crippen LogP contribution in [-0.2, 0) is 19.2 Å². The summed E-state index contributed by atoms with van der Waals surface area (Å²) in [5, 5.41) is 0. The highest BCUT2D eigenvalue weighted by Gasteiger charge is 2.28. The van der Waals surface area contributed by atoms with E-state index in [-0.39, 0.29) is 24.7 Å². The Labute approximate surface area is 139 Å². The van der Waals surface area contributed by atoms with E-state index in [1.54, 1.807) is 24.3 Å². The van der Waals surface area contributed by atoms with Crippen LogP contribution in [0.3, 0.4) is 0 Å². The third-order valence-electron chi connectivity index (χ3n) is 3.54. The fourth-order valence-corrected chi connectivity index (χ4v) is 2.49. The molecule has 0 aliphatic carbocycles. The molecule has 0 spiro atoms. The van der Waals surface area contributed by atoms with Gasteiger partial charge in [-0.3, -0.25) is 24.1 Å². The first-order valence-corrected chi connectivity index (χ1v) is 7.41. The Kier molecular flexibility index (Phi) is 5.13. The molecule has 0 aromatic heterocycles. The van der Waals surface area contributed by atoms with E-state index in [1.807, 2.05) is 0 Å². The van der Waals surface area contributed by atoms with Crippen LogP contribution >= 0.6 is 0 Å². The average molecular weight is 330 g/mol. The normalized spacial score (nSPS) is 14.8. The van der Waals surface area contributed by atoms with Crippen LogP contribution in [0.5, 0.6) is 5.75 Å². The smallest absolute Gasteiger partial charge is 0.308 e.